The molecule has 0 aliphatic carbocycles. The summed E-state index contributed by atoms with van der Waals surface area (Å²) in [7, 11) is 0. The van der Waals surface area contributed by atoms with Crippen LogP contribution >= 0.6 is 11.6 Å². The van der Waals surface area contributed by atoms with E-state index in [2.05, 4.69) is 30.7 Å². The Morgan fingerprint density at radius 1 is 1.23 bits per heavy atom. The molecule has 0 unspecified atom stereocenters. The molecule has 1 aliphatic rings. The Hall–Kier alpha value is -1.85. The van der Waals surface area contributed by atoms with E-state index < -0.39 is 0 Å². The first kappa shape index (κ1) is 18.9. The maximum Gasteiger partial charge on any atom is 0.253 e. The standard InChI is InChI=1S/C20H26ClN3O2/c1-20(2,3)17-13-22-18(26-17)14-23-8-5-9-24(11-10-23)19(25)15-6-4-7-16(21)12-15/h4,6-7,12-13H,5,8-11,14H2,1-3H3. The van der Waals surface area contributed by atoms with Gasteiger partial charge < -0.3 is 9.32 Å². The van der Waals surface area contributed by atoms with Gasteiger partial charge in [-0.05, 0) is 24.6 Å². The van der Waals surface area contributed by atoms with Gasteiger partial charge in [-0.25, -0.2) is 4.98 Å². The van der Waals surface area contributed by atoms with E-state index in [1.807, 2.05) is 23.2 Å². The summed E-state index contributed by atoms with van der Waals surface area (Å²) in [5, 5.41) is 0.589. The fourth-order valence-electron chi connectivity index (χ4n) is 3.06. The number of hydrogen-bond donors (Lipinski definition) is 0. The van der Waals surface area contributed by atoms with Crippen molar-refractivity contribution in [2.75, 3.05) is 26.2 Å². The number of carbonyl (C=O) groups is 1. The van der Waals surface area contributed by atoms with Gasteiger partial charge in [-0.3, -0.25) is 9.69 Å². The van der Waals surface area contributed by atoms with Gasteiger partial charge in [-0.1, -0.05) is 38.4 Å². The highest BCUT2D eigenvalue weighted by Crippen LogP contribution is 2.23. The number of rotatable bonds is 3. The summed E-state index contributed by atoms with van der Waals surface area (Å²) in [5.41, 5.74) is 0.609. The van der Waals surface area contributed by atoms with Crippen molar-refractivity contribution in [3.05, 3.63) is 52.7 Å². The van der Waals surface area contributed by atoms with Crippen molar-refractivity contribution < 1.29 is 9.21 Å². The second kappa shape index (κ2) is 7.80. The molecule has 0 N–H and O–H groups in total. The second-order valence-corrected chi connectivity index (χ2v) is 8.24. The van der Waals surface area contributed by atoms with Crippen LogP contribution in [-0.4, -0.2) is 46.9 Å². The van der Waals surface area contributed by atoms with Gasteiger partial charge >= 0.3 is 0 Å². The number of halogens is 1. The van der Waals surface area contributed by atoms with E-state index in [1.165, 1.54) is 0 Å². The molecule has 2 heterocycles. The molecule has 1 fully saturated rings. The maximum absolute atomic E-state index is 12.7. The molecule has 0 spiro atoms. The van der Waals surface area contributed by atoms with Gasteiger partial charge in [0.2, 0.25) is 5.89 Å². The van der Waals surface area contributed by atoms with Gasteiger partial charge in [-0.15, -0.1) is 0 Å². The quantitative estimate of drug-likeness (QED) is 0.814. The lowest BCUT2D eigenvalue weighted by Gasteiger charge is -2.21. The third kappa shape index (κ3) is 4.65. The van der Waals surface area contributed by atoms with Crippen molar-refractivity contribution in [1.29, 1.82) is 0 Å². The van der Waals surface area contributed by atoms with Gasteiger partial charge in [0, 0.05) is 42.2 Å². The molecule has 1 aromatic carbocycles. The molecule has 2 aromatic rings. The van der Waals surface area contributed by atoms with Gasteiger partial charge in [0.15, 0.2) is 0 Å². The van der Waals surface area contributed by atoms with E-state index in [-0.39, 0.29) is 11.3 Å². The zero-order chi connectivity index (χ0) is 18.7. The molecule has 1 amide bonds. The van der Waals surface area contributed by atoms with E-state index in [0.717, 1.165) is 37.7 Å². The maximum atomic E-state index is 12.7. The first-order chi connectivity index (χ1) is 12.3. The molecular formula is C20H26ClN3O2. The lowest BCUT2D eigenvalue weighted by Crippen LogP contribution is -2.35. The molecule has 26 heavy (non-hydrogen) atoms. The molecular weight excluding hydrogens is 350 g/mol. The normalized spacial score (nSPS) is 16.5. The van der Waals surface area contributed by atoms with Crippen molar-refractivity contribution in [1.82, 2.24) is 14.8 Å². The van der Waals surface area contributed by atoms with Crippen molar-refractivity contribution >= 4 is 17.5 Å². The minimum Gasteiger partial charge on any atom is -0.444 e. The van der Waals surface area contributed by atoms with Crippen molar-refractivity contribution in [3.8, 4) is 0 Å². The molecule has 140 valence electrons. The van der Waals surface area contributed by atoms with Crippen LogP contribution in [0.3, 0.4) is 0 Å². The van der Waals surface area contributed by atoms with E-state index in [4.69, 9.17) is 16.0 Å². The van der Waals surface area contributed by atoms with Gasteiger partial charge in [0.25, 0.3) is 5.91 Å². The van der Waals surface area contributed by atoms with Gasteiger partial charge in [0.1, 0.15) is 5.76 Å². The van der Waals surface area contributed by atoms with E-state index in [9.17, 15) is 4.79 Å². The molecule has 0 radical (unpaired) electrons. The minimum atomic E-state index is -0.0375. The highest BCUT2D eigenvalue weighted by molar-refractivity contribution is 6.30. The van der Waals surface area contributed by atoms with Crippen LogP contribution in [0.4, 0.5) is 0 Å². The van der Waals surface area contributed by atoms with E-state index >= 15 is 0 Å². The Balaban J connectivity index is 1.60. The van der Waals surface area contributed by atoms with Crippen LogP contribution in [0.15, 0.2) is 34.9 Å². The number of hydrogen-bond acceptors (Lipinski definition) is 4. The van der Waals surface area contributed by atoms with E-state index in [0.29, 0.717) is 23.7 Å². The topological polar surface area (TPSA) is 49.6 Å². The monoisotopic (exact) mass is 375 g/mol. The highest BCUT2D eigenvalue weighted by atomic mass is 35.5. The largest absolute Gasteiger partial charge is 0.444 e. The summed E-state index contributed by atoms with van der Waals surface area (Å²) in [6, 6.07) is 7.14. The Bertz CT molecular complexity index is 766. The molecule has 6 heteroatoms. The van der Waals surface area contributed by atoms with Crippen LogP contribution in [0, 0.1) is 0 Å². The number of oxazole rings is 1. The van der Waals surface area contributed by atoms with E-state index in [1.54, 1.807) is 12.1 Å². The summed E-state index contributed by atoms with van der Waals surface area (Å²) in [5.74, 6) is 1.69. The molecule has 5 nitrogen and oxygen atoms in total. The van der Waals surface area contributed by atoms with Crippen LogP contribution in [0.1, 0.15) is 49.2 Å². The fourth-order valence-corrected chi connectivity index (χ4v) is 3.25. The minimum absolute atomic E-state index is 0.0375. The third-order valence-corrected chi connectivity index (χ3v) is 4.83. The van der Waals surface area contributed by atoms with Crippen LogP contribution < -0.4 is 0 Å². The van der Waals surface area contributed by atoms with Crippen molar-refractivity contribution in [2.24, 2.45) is 0 Å². The second-order valence-electron chi connectivity index (χ2n) is 7.80. The van der Waals surface area contributed by atoms with Crippen LogP contribution in [0.2, 0.25) is 5.02 Å². The summed E-state index contributed by atoms with van der Waals surface area (Å²) in [6.07, 6.45) is 2.75. The Kier molecular flexibility index (Phi) is 5.68. The van der Waals surface area contributed by atoms with Crippen LogP contribution in [0.25, 0.3) is 0 Å². The number of carbonyl (C=O) groups excluding carboxylic acids is 1. The Labute approximate surface area is 159 Å². The molecule has 1 saturated heterocycles. The smallest absolute Gasteiger partial charge is 0.253 e. The Morgan fingerprint density at radius 3 is 2.73 bits per heavy atom. The van der Waals surface area contributed by atoms with Crippen molar-refractivity contribution in [2.45, 2.75) is 39.2 Å². The van der Waals surface area contributed by atoms with Crippen LogP contribution in [-0.2, 0) is 12.0 Å². The van der Waals surface area contributed by atoms with Gasteiger partial charge in [0.05, 0.1) is 12.7 Å². The predicted molar refractivity (Wildman–Crippen MR) is 102 cm³/mol. The lowest BCUT2D eigenvalue weighted by molar-refractivity contribution is 0.0760. The third-order valence-electron chi connectivity index (χ3n) is 4.60. The zero-order valence-corrected chi connectivity index (χ0v) is 16.4. The molecule has 0 saturated carbocycles. The molecule has 1 aliphatic heterocycles. The van der Waals surface area contributed by atoms with Crippen molar-refractivity contribution in [3.63, 3.8) is 0 Å². The molecule has 3 rings (SSSR count). The summed E-state index contributed by atoms with van der Waals surface area (Å²) in [6.45, 7) is 10.2. The number of benzene rings is 1. The van der Waals surface area contributed by atoms with Gasteiger partial charge in [-0.2, -0.15) is 0 Å². The molecule has 0 bridgehead atoms. The SMILES string of the molecule is CC(C)(C)c1cnc(CN2CCCN(C(=O)c3cccc(Cl)c3)CC2)o1. The number of nitrogens with zero attached hydrogens (tertiary/aromatic N) is 3. The number of aromatic nitrogens is 1. The highest BCUT2D eigenvalue weighted by Gasteiger charge is 2.23. The summed E-state index contributed by atoms with van der Waals surface area (Å²) in [4.78, 5) is 21.3. The fraction of sp³-hybridized carbons (Fsp3) is 0.500. The molecule has 1 aromatic heterocycles. The van der Waals surface area contributed by atoms with Crippen LogP contribution in [0.5, 0.6) is 0 Å². The lowest BCUT2D eigenvalue weighted by atomic mass is 9.94. The predicted octanol–water partition coefficient (Wildman–Crippen LogP) is 3.97. The zero-order valence-electron chi connectivity index (χ0n) is 15.7. The number of amides is 1. The molecule has 0 atom stereocenters. The first-order valence-electron chi connectivity index (χ1n) is 9.05. The Morgan fingerprint density at radius 2 is 2.04 bits per heavy atom. The average molecular weight is 376 g/mol. The average Bonchev–Trinajstić information content (AvgIpc) is 2.94. The summed E-state index contributed by atoms with van der Waals surface area (Å²) >= 11 is 6.01. The summed E-state index contributed by atoms with van der Waals surface area (Å²) < 4.78 is 5.90. The first-order valence-corrected chi connectivity index (χ1v) is 9.43.